The highest BCUT2D eigenvalue weighted by Gasteiger charge is 2.28. The highest BCUT2D eigenvalue weighted by molar-refractivity contribution is 9.10. The van der Waals surface area contributed by atoms with E-state index in [1.807, 2.05) is 11.8 Å². The monoisotopic (exact) mass is 302 g/mol. The number of hydrogen-bond donors (Lipinski definition) is 1. The van der Waals surface area contributed by atoms with E-state index in [1.165, 1.54) is 0 Å². The molecule has 0 saturated heterocycles. The molecule has 0 unspecified atom stereocenters. The molecule has 0 atom stereocenters. The first-order valence-electron chi connectivity index (χ1n) is 5.58. The minimum atomic E-state index is -0.0380. The summed E-state index contributed by atoms with van der Waals surface area (Å²) < 4.78 is 0.624. The van der Waals surface area contributed by atoms with E-state index in [4.69, 9.17) is 0 Å². The Morgan fingerprint density at radius 1 is 1.56 bits per heavy atom. The van der Waals surface area contributed by atoms with Crippen molar-refractivity contribution in [2.45, 2.75) is 37.9 Å². The zero-order valence-corrected chi connectivity index (χ0v) is 11.7. The second kappa shape index (κ2) is 5.36. The topological polar surface area (TPSA) is 45.8 Å². The molecule has 5 heteroatoms. The molecule has 1 N–H and O–H groups in total. The van der Waals surface area contributed by atoms with Crippen LogP contribution < -0.4 is 5.56 Å². The number of nitrogens with zero attached hydrogens (tertiary/aromatic N) is 1. The minimum absolute atomic E-state index is 0.0380. The fraction of sp³-hybridized carbons (Fsp3) is 0.636. The summed E-state index contributed by atoms with van der Waals surface area (Å²) >= 11 is 5.14. The third-order valence-electron chi connectivity index (χ3n) is 2.49. The quantitative estimate of drug-likeness (QED) is 0.850. The SMILES string of the molecule is CCCSCc1nc(C2CC2)c(Br)c(=O)[nH]1. The number of aromatic nitrogens is 2. The number of thioether (sulfide) groups is 1. The molecule has 1 heterocycles. The van der Waals surface area contributed by atoms with Crippen LogP contribution in [-0.2, 0) is 5.75 Å². The molecular weight excluding hydrogens is 288 g/mol. The van der Waals surface area contributed by atoms with Gasteiger partial charge in [0.15, 0.2) is 0 Å². The molecular formula is C11H15BrN2OS. The molecule has 0 radical (unpaired) electrons. The summed E-state index contributed by atoms with van der Waals surface area (Å²) in [4.78, 5) is 19.0. The minimum Gasteiger partial charge on any atom is -0.309 e. The lowest BCUT2D eigenvalue weighted by molar-refractivity contribution is 0.898. The average Bonchev–Trinajstić information content (AvgIpc) is 3.07. The fourth-order valence-corrected chi connectivity index (χ4v) is 2.81. The van der Waals surface area contributed by atoms with Crippen molar-refractivity contribution in [1.29, 1.82) is 0 Å². The van der Waals surface area contributed by atoms with Gasteiger partial charge in [-0.25, -0.2) is 4.98 Å². The summed E-state index contributed by atoms with van der Waals surface area (Å²) in [6.45, 7) is 2.15. The Hall–Kier alpha value is -0.290. The van der Waals surface area contributed by atoms with E-state index in [1.54, 1.807) is 0 Å². The molecule has 0 spiro atoms. The first-order chi connectivity index (χ1) is 7.72. The van der Waals surface area contributed by atoms with Gasteiger partial charge < -0.3 is 4.98 Å². The Labute approximate surface area is 108 Å². The number of H-pyrrole nitrogens is 1. The van der Waals surface area contributed by atoms with Gasteiger partial charge in [-0.3, -0.25) is 4.79 Å². The van der Waals surface area contributed by atoms with Crippen molar-refractivity contribution in [1.82, 2.24) is 9.97 Å². The van der Waals surface area contributed by atoms with Crippen molar-refractivity contribution in [3.8, 4) is 0 Å². The molecule has 0 amide bonds. The molecule has 16 heavy (non-hydrogen) atoms. The number of halogens is 1. The van der Waals surface area contributed by atoms with Gasteiger partial charge >= 0.3 is 0 Å². The van der Waals surface area contributed by atoms with Gasteiger partial charge in [0.25, 0.3) is 5.56 Å². The van der Waals surface area contributed by atoms with Crippen LogP contribution in [0.1, 0.15) is 43.6 Å². The van der Waals surface area contributed by atoms with Crippen LogP contribution >= 0.6 is 27.7 Å². The summed E-state index contributed by atoms with van der Waals surface area (Å²) in [5, 5.41) is 0. The van der Waals surface area contributed by atoms with E-state index in [0.717, 1.165) is 42.3 Å². The largest absolute Gasteiger partial charge is 0.309 e. The molecule has 88 valence electrons. The molecule has 1 saturated carbocycles. The molecule has 0 bridgehead atoms. The van der Waals surface area contributed by atoms with Gasteiger partial charge in [0.1, 0.15) is 10.3 Å². The van der Waals surface area contributed by atoms with Gasteiger partial charge in [-0.1, -0.05) is 6.92 Å². The first kappa shape index (κ1) is 12.2. The average molecular weight is 303 g/mol. The number of rotatable bonds is 5. The number of aromatic amines is 1. The van der Waals surface area contributed by atoms with Crippen LogP contribution in [0.25, 0.3) is 0 Å². The summed E-state index contributed by atoms with van der Waals surface area (Å²) in [6, 6.07) is 0. The van der Waals surface area contributed by atoms with Crippen molar-refractivity contribution in [2.24, 2.45) is 0 Å². The smallest absolute Gasteiger partial charge is 0.265 e. The maximum atomic E-state index is 11.7. The molecule has 1 aromatic heterocycles. The molecule has 2 rings (SSSR count). The van der Waals surface area contributed by atoms with Crippen LogP contribution in [0.4, 0.5) is 0 Å². The second-order valence-electron chi connectivity index (χ2n) is 4.04. The molecule has 1 aliphatic carbocycles. The summed E-state index contributed by atoms with van der Waals surface area (Å²) in [6.07, 6.45) is 3.48. The maximum Gasteiger partial charge on any atom is 0.265 e. The Morgan fingerprint density at radius 2 is 2.31 bits per heavy atom. The molecule has 1 fully saturated rings. The molecule has 0 aliphatic heterocycles. The second-order valence-corrected chi connectivity index (χ2v) is 5.94. The standard InChI is InChI=1S/C11H15BrN2OS/c1-2-5-16-6-8-13-10(7-3-4-7)9(12)11(15)14-8/h7H,2-6H2,1H3,(H,13,14,15). The third kappa shape index (κ3) is 2.88. The predicted octanol–water partition coefficient (Wildman–Crippen LogP) is 3.05. The van der Waals surface area contributed by atoms with Gasteiger partial charge in [0.2, 0.25) is 0 Å². The van der Waals surface area contributed by atoms with Crippen LogP contribution in [0.3, 0.4) is 0 Å². The van der Waals surface area contributed by atoms with E-state index in [2.05, 4.69) is 32.8 Å². The molecule has 0 aromatic carbocycles. The lowest BCUT2D eigenvalue weighted by Crippen LogP contribution is -2.14. The van der Waals surface area contributed by atoms with Crippen LogP contribution in [0.15, 0.2) is 9.27 Å². The lowest BCUT2D eigenvalue weighted by Gasteiger charge is -2.05. The van der Waals surface area contributed by atoms with E-state index < -0.39 is 0 Å². The van der Waals surface area contributed by atoms with E-state index >= 15 is 0 Å². The zero-order chi connectivity index (χ0) is 11.5. The molecule has 3 nitrogen and oxygen atoms in total. The van der Waals surface area contributed by atoms with Crippen LogP contribution in [-0.4, -0.2) is 15.7 Å². The third-order valence-corrected chi connectivity index (χ3v) is 4.43. The van der Waals surface area contributed by atoms with E-state index in [0.29, 0.717) is 10.4 Å². The maximum absolute atomic E-state index is 11.7. The van der Waals surface area contributed by atoms with Gasteiger partial charge in [0.05, 0.1) is 11.4 Å². The lowest BCUT2D eigenvalue weighted by atomic mass is 10.3. The Morgan fingerprint density at radius 3 is 2.94 bits per heavy atom. The highest BCUT2D eigenvalue weighted by atomic mass is 79.9. The number of hydrogen-bond acceptors (Lipinski definition) is 3. The highest BCUT2D eigenvalue weighted by Crippen LogP contribution is 2.41. The first-order valence-corrected chi connectivity index (χ1v) is 7.53. The van der Waals surface area contributed by atoms with Crippen LogP contribution in [0.2, 0.25) is 0 Å². The summed E-state index contributed by atoms with van der Waals surface area (Å²) in [7, 11) is 0. The normalized spacial score (nSPS) is 15.4. The summed E-state index contributed by atoms with van der Waals surface area (Å²) in [5.74, 6) is 3.23. The van der Waals surface area contributed by atoms with Gasteiger partial charge in [-0.05, 0) is 40.9 Å². The predicted molar refractivity (Wildman–Crippen MR) is 71.0 cm³/mol. The van der Waals surface area contributed by atoms with Gasteiger partial charge in [-0.2, -0.15) is 11.8 Å². The van der Waals surface area contributed by atoms with Crippen molar-refractivity contribution in [3.63, 3.8) is 0 Å². The fourth-order valence-electron chi connectivity index (χ4n) is 1.53. The van der Waals surface area contributed by atoms with Crippen LogP contribution in [0, 0.1) is 0 Å². The van der Waals surface area contributed by atoms with Crippen molar-refractivity contribution in [2.75, 3.05) is 5.75 Å². The van der Waals surface area contributed by atoms with Gasteiger partial charge in [-0.15, -0.1) is 0 Å². The Kier molecular flexibility index (Phi) is 4.08. The number of nitrogens with one attached hydrogen (secondary N) is 1. The Bertz CT molecular complexity index is 428. The zero-order valence-electron chi connectivity index (χ0n) is 9.25. The Balaban J connectivity index is 2.16. The molecule has 1 aliphatic rings. The van der Waals surface area contributed by atoms with E-state index in [9.17, 15) is 4.79 Å². The van der Waals surface area contributed by atoms with E-state index in [-0.39, 0.29) is 5.56 Å². The van der Waals surface area contributed by atoms with Crippen molar-refractivity contribution >= 4 is 27.7 Å². The van der Waals surface area contributed by atoms with Crippen molar-refractivity contribution < 1.29 is 0 Å². The summed E-state index contributed by atoms with van der Waals surface area (Å²) in [5.41, 5.74) is 0.917. The van der Waals surface area contributed by atoms with Gasteiger partial charge in [0, 0.05) is 5.92 Å². The van der Waals surface area contributed by atoms with Crippen LogP contribution in [0.5, 0.6) is 0 Å². The molecule has 1 aromatic rings. The van der Waals surface area contributed by atoms with Crippen molar-refractivity contribution in [3.05, 3.63) is 26.3 Å².